The maximum Gasteiger partial charge on any atom is 0.274 e. The standard InChI is InChI=1S/C17H18BrN3O2/c1-10(2)20-16(22)12-6-7-19-15(9-12)17(23)21-13-4-5-14(18)11(3)8-13/h4-10H,1-3H3,(H,20,22)(H,21,23). The van der Waals surface area contributed by atoms with Gasteiger partial charge in [0.25, 0.3) is 11.8 Å². The zero-order valence-corrected chi connectivity index (χ0v) is 14.8. The van der Waals surface area contributed by atoms with Crippen molar-refractivity contribution in [2.75, 3.05) is 5.32 Å². The van der Waals surface area contributed by atoms with Gasteiger partial charge in [0, 0.05) is 28.0 Å². The highest BCUT2D eigenvalue weighted by molar-refractivity contribution is 9.10. The molecule has 0 saturated heterocycles. The summed E-state index contributed by atoms with van der Waals surface area (Å²) in [5.74, 6) is -0.582. The van der Waals surface area contributed by atoms with Crippen LogP contribution in [0.3, 0.4) is 0 Å². The van der Waals surface area contributed by atoms with Crippen molar-refractivity contribution in [3.05, 3.63) is 57.8 Å². The van der Waals surface area contributed by atoms with Gasteiger partial charge in [-0.3, -0.25) is 14.6 Å². The van der Waals surface area contributed by atoms with Crippen LogP contribution in [0.1, 0.15) is 40.3 Å². The Morgan fingerprint density at radius 3 is 2.52 bits per heavy atom. The predicted octanol–water partition coefficient (Wildman–Crippen LogP) is 3.54. The predicted molar refractivity (Wildman–Crippen MR) is 93.7 cm³/mol. The van der Waals surface area contributed by atoms with E-state index in [9.17, 15) is 9.59 Å². The Labute approximate surface area is 143 Å². The van der Waals surface area contributed by atoms with E-state index < -0.39 is 0 Å². The molecular formula is C17H18BrN3O2. The fourth-order valence-electron chi connectivity index (χ4n) is 1.96. The number of hydrogen-bond donors (Lipinski definition) is 2. The van der Waals surface area contributed by atoms with Gasteiger partial charge in [-0.1, -0.05) is 15.9 Å². The maximum atomic E-state index is 12.3. The van der Waals surface area contributed by atoms with Gasteiger partial charge in [0.15, 0.2) is 0 Å². The fraction of sp³-hybridized carbons (Fsp3) is 0.235. The van der Waals surface area contributed by atoms with Crippen molar-refractivity contribution in [3.63, 3.8) is 0 Å². The number of pyridine rings is 1. The molecule has 2 rings (SSSR count). The summed E-state index contributed by atoms with van der Waals surface area (Å²) in [7, 11) is 0. The van der Waals surface area contributed by atoms with Gasteiger partial charge in [-0.2, -0.15) is 0 Å². The second kappa shape index (κ2) is 7.37. The summed E-state index contributed by atoms with van der Waals surface area (Å²) in [6, 6.07) is 8.61. The summed E-state index contributed by atoms with van der Waals surface area (Å²) in [5, 5.41) is 5.56. The highest BCUT2D eigenvalue weighted by atomic mass is 79.9. The lowest BCUT2D eigenvalue weighted by Crippen LogP contribution is -2.30. The van der Waals surface area contributed by atoms with Crippen LogP contribution in [0.4, 0.5) is 5.69 Å². The molecule has 0 fully saturated rings. The number of nitrogens with one attached hydrogen (secondary N) is 2. The Morgan fingerprint density at radius 2 is 1.87 bits per heavy atom. The van der Waals surface area contributed by atoms with E-state index in [0.717, 1.165) is 10.0 Å². The summed E-state index contributed by atoms with van der Waals surface area (Å²) >= 11 is 3.42. The first-order valence-corrected chi connectivity index (χ1v) is 8.00. The number of rotatable bonds is 4. The fourth-order valence-corrected chi connectivity index (χ4v) is 2.21. The summed E-state index contributed by atoms with van der Waals surface area (Å²) in [6.07, 6.45) is 1.46. The van der Waals surface area contributed by atoms with Crippen LogP contribution < -0.4 is 10.6 Å². The van der Waals surface area contributed by atoms with Crippen molar-refractivity contribution >= 4 is 33.4 Å². The van der Waals surface area contributed by atoms with E-state index in [2.05, 4.69) is 31.5 Å². The molecule has 120 valence electrons. The largest absolute Gasteiger partial charge is 0.350 e. The molecule has 0 bridgehead atoms. The molecule has 2 aromatic rings. The Balaban J connectivity index is 2.16. The number of benzene rings is 1. The Hall–Kier alpha value is -2.21. The first kappa shape index (κ1) is 17.1. The molecule has 5 nitrogen and oxygen atoms in total. The van der Waals surface area contributed by atoms with E-state index in [1.165, 1.54) is 12.3 Å². The molecule has 6 heteroatoms. The van der Waals surface area contributed by atoms with E-state index in [1.807, 2.05) is 32.9 Å². The minimum absolute atomic E-state index is 0.0266. The molecule has 2 N–H and O–H groups in total. The van der Waals surface area contributed by atoms with Crippen molar-refractivity contribution in [1.82, 2.24) is 10.3 Å². The van der Waals surface area contributed by atoms with E-state index >= 15 is 0 Å². The minimum Gasteiger partial charge on any atom is -0.350 e. The number of amides is 2. The Bertz CT molecular complexity index is 744. The molecule has 0 spiro atoms. The second-order valence-electron chi connectivity index (χ2n) is 5.48. The molecule has 0 radical (unpaired) electrons. The molecule has 1 aromatic carbocycles. The summed E-state index contributed by atoms with van der Waals surface area (Å²) in [6.45, 7) is 5.69. The number of halogens is 1. The average Bonchev–Trinajstić information content (AvgIpc) is 2.50. The van der Waals surface area contributed by atoms with Crippen LogP contribution in [0.5, 0.6) is 0 Å². The number of carbonyl (C=O) groups excluding carboxylic acids is 2. The van der Waals surface area contributed by atoms with Gasteiger partial charge in [0.05, 0.1) is 0 Å². The molecule has 1 heterocycles. The molecule has 0 atom stereocenters. The third-order valence-corrected chi connectivity index (χ3v) is 3.98. The zero-order valence-electron chi connectivity index (χ0n) is 13.2. The normalized spacial score (nSPS) is 10.5. The molecule has 0 aliphatic rings. The van der Waals surface area contributed by atoms with Gasteiger partial charge in [-0.15, -0.1) is 0 Å². The van der Waals surface area contributed by atoms with Crippen molar-refractivity contribution in [2.24, 2.45) is 0 Å². The van der Waals surface area contributed by atoms with E-state index in [1.54, 1.807) is 12.1 Å². The molecule has 0 unspecified atom stereocenters. The number of carbonyl (C=O) groups is 2. The third-order valence-electron chi connectivity index (χ3n) is 3.09. The summed E-state index contributed by atoms with van der Waals surface area (Å²) in [4.78, 5) is 28.3. The highest BCUT2D eigenvalue weighted by Gasteiger charge is 2.13. The smallest absolute Gasteiger partial charge is 0.274 e. The SMILES string of the molecule is Cc1cc(NC(=O)c2cc(C(=O)NC(C)C)ccn2)ccc1Br. The number of hydrogen-bond acceptors (Lipinski definition) is 3. The van der Waals surface area contributed by atoms with Crippen LogP contribution in [-0.4, -0.2) is 22.8 Å². The van der Waals surface area contributed by atoms with Crippen LogP contribution in [0.2, 0.25) is 0 Å². The van der Waals surface area contributed by atoms with Crippen LogP contribution in [-0.2, 0) is 0 Å². The van der Waals surface area contributed by atoms with Crippen LogP contribution in [0.25, 0.3) is 0 Å². The molecule has 0 aliphatic carbocycles. The minimum atomic E-state index is -0.356. The quantitative estimate of drug-likeness (QED) is 0.858. The van der Waals surface area contributed by atoms with Crippen molar-refractivity contribution in [2.45, 2.75) is 26.8 Å². The van der Waals surface area contributed by atoms with Gasteiger partial charge < -0.3 is 10.6 Å². The first-order valence-electron chi connectivity index (χ1n) is 7.21. The first-order chi connectivity index (χ1) is 10.9. The molecular weight excluding hydrogens is 358 g/mol. The molecule has 1 aromatic heterocycles. The average molecular weight is 376 g/mol. The van der Waals surface area contributed by atoms with Gasteiger partial charge in [-0.05, 0) is 56.7 Å². The lowest BCUT2D eigenvalue weighted by Gasteiger charge is -2.10. The summed E-state index contributed by atoms with van der Waals surface area (Å²) < 4.78 is 0.973. The van der Waals surface area contributed by atoms with Gasteiger partial charge in [-0.25, -0.2) is 0 Å². The van der Waals surface area contributed by atoms with Crippen LogP contribution in [0.15, 0.2) is 41.0 Å². The Morgan fingerprint density at radius 1 is 1.13 bits per heavy atom. The topological polar surface area (TPSA) is 71.1 Å². The molecule has 0 saturated carbocycles. The van der Waals surface area contributed by atoms with E-state index in [4.69, 9.17) is 0 Å². The lowest BCUT2D eigenvalue weighted by molar-refractivity contribution is 0.0943. The maximum absolute atomic E-state index is 12.3. The molecule has 0 aliphatic heterocycles. The van der Waals surface area contributed by atoms with Gasteiger partial charge >= 0.3 is 0 Å². The Kier molecular flexibility index (Phi) is 5.50. The number of aryl methyl sites for hydroxylation is 1. The van der Waals surface area contributed by atoms with Crippen LogP contribution in [0, 0.1) is 6.92 Å². The lowest BCUT2D eigenvalue weighted by atomic mass is 10.2. The van der Waals surface area contributed by atoms with Crippen molar-refractivity contribution in [3.8, 4) is 0 Å². The highest BCUT2D eigenvalue weighted by Crippen LogP contribution is 2.20. The van der Waals surface area contributed by atoms with Crippen LogP contribution >= 0.6 is 15.9 Å². The van der Waals surface area contributed by atoms with Gasteiger partial charge in [0.1, 0.15) is 5.69 Å². The van der Waals surface area contributed by atoms with Gasteiger partial charge in [0.2, 0.25) is 0 Å². The molecule has 2 amide bonds. The zero-order chi connectivity index (χ0) is 17.0. The molecule has 23 heavy (non-hydrogen) atoms. The summed E-state index contributed by atoms with van der Waals surface area (Å²) in [5.41, 5.74) is 2.29. The second-order valence-corrected chi connectivity index (χ2v) is 6.33. The van der Waals surface area contributed by atoms with Crippen molar-refractivity contribution in [1.29, 1.82) is 0 Å². The number of nitrogens with zero attached hydrogens (tertiary/aromatic N) is 1. The number of aromatic nitrogens is 1. The van der Waals surface area contributed by atoms with E-state index in [-0.39, 0.29) is 23.6 Å². The third kappa shape index (κ3) is 4.63. The monoisotopic (exact) mass is 375 g/mol. The van der Waals surface area contributed by atoms with E-state index in [0.29, 0.717) is 11.3 Å². The number of anilines is 1. The van der Waals surface area contributed by atoms with Crippen molar-refractivity contribution < 1.29 is 9.59 Å².